The summed E-state index contributed by atoms with van der Waals surface area (Å²) in [5, 5.41) is 23.0. The summed E-state index contributed by atoms with van der Waals surface area (Å²) in [7, 11) is 0. The van der Waals surface area contributed by atoms with Crippen molar-refractivity contribution >= 4 is 11.9 Å². The Morgan fingerprint density at radius 3 is 1.25 bits per heavy atom. The quantitative estimate of drug-likeness (QED) is 0.0324. The number of hydrogen-bond donors (Lipinski definition) is 3. The van der Waals surface area contributed by atoms with Gasteiger partial charge in [0.15, 0.2) is 0 Å². The lowest BCUT2D eigenvalue weighted by atomic mass is 10.0. The lowest BCUT2D eigenvalue weighted by Gasteiger charge is -2.20. The Kier molecular flexibility index (Phi) is 45.2. The molecular formula is C51H95NO5. The molecule has 334 valence electrons. The maximum atomic E-state index is 12.4. The van der Waals surface area contributed by atoms with Crippen LogP contribution in [-0.2, 0) is 14.3 Å². The summed E-state index contributed by atoms with van der Waals surface area (Å²) in [5.74, 6) is -0.129. The van der Waals surface area contributed by atoms with Crippen molar-refractivity contribution < 1.29 is 24.5 Å². The first-order chi connectivity index (χ1) is 28.0. The van der Waals surface area contributed by atoms with Crippen molar-refractivity contribution in [3.8, 4) is 0 Å². The standard InChI is InChI=1S/C51H95NO5/c1-3-5-7-9-11-13-15-17-19-23-27-31-35-39-43-49(54)48(47-53)52-50(55)44-40-36-32-28-24-21-22-26-30-34-38-42-46-57-51(56)45-41-37-33-29-25-20-18-16-14-12-10-8-6-4-2/h16,18,22,26,39,43,48-49,53-54H,3-15,17,19-21,23-25,27-38,40-42,44-47H2,1-2H3,(H,52,55)/b18-16-,26-22-,43-39+. The monoisotopic (exact) mass is 802 g/mol. The summed E-state index contributed by atoms with van der Waals surface area (Å²) in [6, 6.07) is -0.646. The predicted octanol–water partition coefficient (Wildman–Crippen LogP) is 14.5. The Labute approximate surface area is 353 Å². The third kappa shape index (κ3) is 43.5. The van der Waals surface area contributed by atoms with E-state index in [0.29, 0.717) is 19.4 Å². The molecule has 0 rings (SSSR count). The van der Waals surface area contributed by atoms with Crippen LogP contribution >= 0.6 is 0 Å². The third-order valence-electron chi connectivity index (χ3n) is 11.1. The second kappa shape index (κ2) is 46.8. The van der Waals surface area contributed by atoms with Gasteiger partial charge in [-0.15, -0.1) is 0 Å². The summed E-state index contributed by atoms with van der Waals surface area (Å²) in [6.45, 7) is 4.82. The zero-order valence-corrected chi connectivity index (χ0v) is 37.8. The van der Waals surface area contributed by atoms with E-state index < -0.39 is 12.1 Å². The third-order valence-corrected chi connectivity index (χ3v) is 11.1. The number of aliphatic hydroxyl groups excluding tert-OH is 2. The first-order valence-electron chi connectivity index (χ1n) is 24.8. The van der Waals surface area contributed by atoms with E-state index >= 15 is 0 Å². The van der Waals surface area contributed by atoms with E-state index in [0.717, 1.165) is 83.5 Å². The number of allylic oxidation sites excluding steroid dienone is 5. The second-order valence-corrected chi connectivity index (χ2v) is 16.8. The van der Waals surface area contributed by atoms with Gasteiger partial charge in [-0.1, -0.05) is 185 Å². The molecule has 0 aliphatic heterocycles. The zero-order valence-electron chi connectivity index (χ0n) is 37.8. The number of rotatable bonds is 45. The summed E-state index contributed by atoms with van der Waals surface area (Å²) in [4.78, 5) is 24.4. The number of aliphatic hydroxyl groups is 2. The van der Waals surface area contributed by atoms with Crippen LogP contribution in [0.3, 0.4) is 0 Å². The molecule has 6 nitrogen and oxygen atoms in total. The topological polar surface area (TPSA) is 95.9 Å². The molecule has 0 aromatic heterocycles. The molecule has 2 atom stereocenters. The van der Waals surface area contributed by atoms with Gasteiger partial charge in [-0.25, -0.2) is 0 Å². The Hall–Kier alpha value is -1.92. The van der Waals surface area contributed by atoms with Gasteiger partial charge >= 0.3 is 5.97 Å². The molecule has 0 spiro atoms. The summed E-state index contributed by atoms with van der Waals surface area (Å²) in [6.07, 6.45) is 55.6. The van der Waals surface area contributed by atoms with Gasteiger partial charge in [-0.2, -0.15) is 0 Å². The van der Waals surface area contributed by atoms with Crippen LogP contribution in [0.2, 0.25) is 0 Å². The molecule has 1 amide bonds. The highest BCUT2D eigenvalue weighted by Crippen LogP contribution is 2.14. The van der Waals surface area contributed by atoms with Crippen molar-refractivity contribution in [1.29, 1.82) is 0 Å². The van der Waals surface area contributed by atoms with E-state index in [2.05, 4.69) is 43.5 Å². The van der Waals surface area contributed by atoms with Crippen LogP contribution < -0.4 is 5.32 Å². The largest absolute Gasteiger partial charge is 0.466 e. The van der Waals surface area contributed by atoms with Gasteiger partial charge in [0.2, 0.25) is 5.91 Å². The minimum Gasteiger partial charge on any atom is -0.466 e. The molecule has 0 aromatic carbocycles. The lowest BCUT2D eigenvalue weighted by molar-refractivity contribution is -0.143. The average Bonchev–Trinajstić information content (AvgIpc) is 3.21. The van der Waals surface area contributed by atoms with Crippen LogP contribution in [-0.4, -0.2) is 47.4 Å². The first kappa shape index (κ1) is 55.1. The molecule has 0 aliphatic rings. The molecule has 0 aliphatic carbocycles. The van der Waals surface area contributed by atoms with Crippen molar-refractivity contribution in [3.05, 3.63) is 36.5 Å². The van der Waals surface area contributed by atoms with Crippen molar-refractivity contribution in [2.75, 3.05) is 13.2 Å². The highest BCUT2D eigenvalue weighted by atomic mass is 16.5. The molecule has 6 heteroatoms. The molecule has 0 heterocycles. The second-order valence-electron chi connectivity index (χ2n) is 16.8. The van der Waals surface area contributed by atoms with Gasteiger partial charge in [-0.05, 0) is 89.9 Å². The predicted molar refractivity (Wildman–Crippen MR) is 246 cm³/mol. The van der Waals surface area contributed by atoms with E-state index in [1.807, 2.05) is 6.08 Å². The zero-order chi connectivity index (χ0) is 41.5. The normalized spacial score (nSPS) is 13.0. The number of unbranched alkanes of at least 4 members (excludes halogenated alkanes) is 30. The van der Waals surface area contributed by atoms with Gasteiger partial charge in [0, 0.05) is 12.8 Å². The molecule has 0 aromatic rings. The molecule has 0 fully saturated rings. The van der Waals surface area contributed by atoms with Gasteiger partial charge in [0.1, 0.15) is 0 Å². The fraction of sp³-hybridized carbons (Fsp3) is 0.843. The van der Waals surface area contributed by atoms with E-state index in [1.54, 1.807) is 6.08 Å². The summed E-state index contributed by atoms with van der Waals surface area (Å²) >= 11 is 0. The molecular weight excluding hydrogens is 707 g/mol. The molecule has 2 unspecified atom stereocenters. The maximum Gasteiger partial charge on any atom is 0.305 e. The van der Waals surface area contributed by atoms with E-state index in [4.69, 9.17) is 4.74 Å². The Balaban J connectivity index is 3.56. The molecule has 0 saturated heterocycles. The SMILES string of the molecule is CCCCCCC/C=C\CCCCCCCC(=O)OCCCCC/C=C\CCCCCCCC(=O)NC(CO)C(O)/C=C/CCCCCCCCCCCCCC. The highest BCUT2D eigenvalue weighted by molar-refractivity contribution is 5.76. The van der Waals surface area contributed by atoms with Crippen LogP contribution in [0.4, 0.5) is 0 Å². The number of nitrogens with one attached hydrogen (secondary N) is 1. The van der Waals surface area contributed by atoms with Crippen molar-refractivity contribution in [2.45, 2.75) is 264 Å². The Morgan fingerprint density at radius 1 is 0.474 bits per heavy atom. The number of esters is 1. The number of amides is 1. The fourth-order valence-corrected chi connectivity index (χ4v) is 7.27. The molecule has 0 saturated carbocycles. The van der Waals surface area contributed by atoms with Crippen molar-refractivity contribution in [2.24, 2.45) is 0 Å². The van der Waals surface area contributed by atoms with Gasteiger partial charge in [-0.3, -0.25) is 9.59 Å². The van der Waals surface area contributed by atoms with Crippen LogP contribution in [0.5, 0.6) is 0 Å². The van der Waals surface area contributed by atoms with Crippen LogP contribution in [0.1, 0.15) is 251 Å². The summed E-state index contributed by atoms with van der Waals surface area (Å²) in [5.41, 5.74) is 0. The Bertz CT molecular complexity index is 931. The molecule has 3 N–H and O–H groups in total. The maximum absolute atomic E-state index is 12.4. The molecule has 0 radical (unpaired) electrons. The number of carbonyl (C=O) groups excluding carboxylic acids is 2. The number of hydrogen-bond acceptors (Lipinski definition) is 5. The minimum absolute atomic E-state index is 0.0337. The van der Waals surface area contributed by atoms with Gasteiger partial charge < -0.3 is 20.3 Å². The lowest BCUT2D eigenvalue weighted by Crippen LogP contribution is -2.45. The van der Waals surface area contributed by atoms with E-state index in [1.165, 1.54) is 141 Å². The Morgan fingerprint density at radius 2 is 0.825 bits per heavy atom. The average molecular weight is 802 g/mol. The molecule has 0 bridgehead atoms. The smallest absolute Gasteiger partial charge is 0.305 e. The van der Waals surface area contributed by atoms with Crippen molar-refractivity contribution in [3.63, 3.8) is 0 Å². The van der Waals surface area contributed by atoms with E-state index in [9.17, 15) is 19.8 Å². The summed E-state index contributed by atoms with van der Waals surface area (Å²) < 4.78 is 5.43. The van der Waals surface area contributed by atoms with Gasteiger partial charge in [0.25, 0.3) is 0 Å². The van der Waals surface area contributed by atoms with Crippen LogP contribution in [0, 0.1) is 0 Å². The minimum atomic E-state index is -0.860. The first-order valence-corrected chi connectivity index (χ1v) is 24.8. The van der Waals surface area contributed by atoms with Crippen LogP contribution in [0.25, 0.3) is 0 Å². The van der Waals surface area contributed by atoms with Gasteiger partial charge in [0.05, 0.1) is 25.4 Å². The van der Waals surface area contributed by atoms with Crippen LogP contribution in [0.15, 0.2) is 36.5 Å². The number of ether oxygens (including phenoxy) is 1. The number of carbonyl (C=O) groups is 2. The fourth-order valence-electron chi connectivity index (χ4n) is 7.27. The molecule has 57 heavy (non-hydrogen) atoms. The van der Waals surface area contributed by atoms with Crippen molar-refractivity contribution in [1.82, 2.24) is 5.32 Å². The highest BCUT2D eigenvalue weighted by Gasteiger charge is 2.18. The van der Waals surface area contributed by atoms with E-state index in [-0.39, 0.29) is 18.5 Å².